The molecule has 0 radical (unpaired) electrons. The number of hydrogen-bond donors (Lipinski definition) is 2. The molecule has 1 amide bonds. The lowest BCUT2D eigenvalue weighted by molar-refractivity contribution is -0.127. The molecule has 4 nitrogen and oxygen atoms in total. The summed E-state index contributed by atoms with van der Waals surface area (Å²) >= 11 is 5.82. The Hall–Kier alpha value is -1.26. The van der Waals surface area contributed by atoms with E-state index in [1.54, 1.807) is 31.2 Å². The van der Waals surface area contributed by atoms with Crippen LogP contribution >= 0.6 is 11.6 Å². The second-order valence-corrected chi connectivity index (χ2v) is 4.69. The van der Waals surface area contributed by atoms with Gasteiger partial charge >= 0.3 is 0 Å². The number of halogens is 1. The van der Waals surface area contributed by atoms with Crippen molar-refractivity contribution in [2.24, 2.45) is 5.92 Å². The fourth-order valence-corrected chi connectivity index (χ4v) is 1.46. The summed E-state index contributed by atoms with van der Waals surface area (Å²) in [6.45, 7) is 3.99. The van der Waals surface area contributed by atoms with Crippen molar-refractivity contribution in [3.8, 4) is 5.75 Å². The zero-order valence-electron chi connectivity index (χ0n) is 10.5. The van der Waals surface area contributed by atoms with E-state index in [0.717, 1.165) is 0 Å². The Morgan fingerprint density at radius 1 is 1.50 bits per heavy atom. The largest absolute Gasteiger partial charge is 0.481 e. The highest BCUT2D eigenvalue weighted by atomic mass is 35.5. The molecule has 5 heteroatoms. The van der Waals surface area contributed by atoms with E-state index >= 15 is 0 Å². The van der Waals surface area contributed by atoms with Gasteiger partial charge in [-0.25, -0.2) is 0 Å². The van der Waals surface area contributed by atoms with Gasteiger partial charge in [0.05, 0.1) is 0 Å². The van der Waals surface area contributed by atoms with Crippen LogP contribution in [0.2, 0.25) is 5.02 Å². The molecule has 0 bridgehead atoms. The molecular weight excluding hydrogens is 254 g/mol. The molecule has 1 aromatic rings. The minimum absolute atomic E-state index is 0.0346. The molecule has 0 aliphatic carbocycles. The summed E-state index contributed by atoms with van der Waals surface area (Å²) in [7, 11) is 0. The van der Waals surface area contributed by atoms with Crippen LogP contribution in [0.1, 0.15) is 13.8 Å². The average Bonchev–Trinajstić information content (AvgIpc) is 2.35. The fraction of sp³-hybridized carbons (Fsp3) is 0.462. The Bertz CT molecular complexity index is 398. The number of ether oxygens (including phenoxy) is 1. The van der Waals surface area contributed by atoms with Crippen LogP contribution in [0.3, 0.4) is 0 Å². The van der Waals surface area contributed by atoms with E-state index in [1.807, 2.05) is 6.92 Å². The zero-order chi connectivity index (χ0) is 13.5. The van der Waals surface area contributed by atoms with Gasteiger partial charge in [0, 0.05) is 18.2 Å². The third-order valence-corrected chi connectivity index (χ3v) is 2.65. The molecule has 0 spiro atoms. The quantitative estimate of drug-likeness (QED) is 0.830. The Morgan fingerprint density at radius 2 is 2.22 bits per heavy atom. The topological polar surface area (TPSA) is 58.6 Å². The van der Waals surface area contributed by atoms with Crippen molar-refractivity contribution in [3.05, 3.63) is 29.3 Å². The van der Waals surface area contributed by atoms with E-state index in [-0.39, 0.29) is 18.4 Å². The molecule has 1 aromatic carbocycles. The predicted molar refractivity (Wildman–Crippen MR) is 70.8 cm³/mol. The first kappa shape index (κ1) is 14.8. The highest BCUT2D eigenvalue weighted by molar-refractivity contribution is 6.30. The number of aliphatic hydroxyl groups excluding tert-OH is 1. The van der Waals surface area contributed by atoms with Crippen LogP contribution in [0.4, 0.5) is 0 Å². The number of benzene rings is 1. The maximum Gasteiger partial charge on any atom is 0.260 e. The van der Waals surface area contributed by atoms with Crippen LogP contribution in [0.25, 0.3) is 0 Å². The number of amides is 1. The SMILES string of the molecule is CC(CO)CNC(=O)C(C)Oc1cccc(Cl)c1. The van der Waals surface area contributed by atoms with E-state index in [2.05, 4.69) is 5.32 Å². The summed E-state index contributed by atoms with van der Waals surface area (Å²) in [5, 5.41) is 12.1. The number of nitrogens with one attached hydrogen (secondary N) is 1. The van der Waals surface area contributed by atoms with Gasteiger partial charge in [0.15, 0.2) is 6.10 Å². The molecule has 2 unspecified atom stereocenters. The van der Waals surface area contributed by atoms with Gasteiger partial charge in [-0.05, 0) is 31.0 Å². The number of rotatable bonds is 6. The van der Waals surface area contributed by atoms with Crippen molar-refractivity contribution < 1.29 is 14.6 Å². The lowest BCUT2D eigenvalue weighted by Crippen LogP contribution is -2.39. The molecule has 18 heavy (non-hydrogen) atoms. The molecule has 0 saturated heterocycles. The van der Waals surface area contributed by atoms with Crippen LogP contribution in [0.5, 0.6) is 5.75 Å². The molecule has 0 aliphatic rings. The second-order valence-electron chi connectivity index (χ2n) is 4.25. The summed E-state index contributed by atoms with van der Waals surface area (Å²) in [5.74, 6) is 0.378. The highest BCUT2D eigenvalue weighted by Crippen LogP contribution is 2.18. The minimum Gasteiger partial charge on any atom is -0.481 e. The summed E-state index contributed by atoms with van der Waals surface area (Å²) in [6.07, 6.45) is -0.602. The first-order chi connectivity index (χ1) is 8.52. The Morgan fingerprint density at radius 3 is 2.83 bits per heavy atom. The smallest absolute Gasteiger partial charge is 0.260 e. The molecule has 0 heterocycles. The van der Waals surface area contributed by atoms with E-state index in [0.29, 0.717) is 17.3 Å². The van der Waals surface area contributed by atoms with E-state index in [1.165, 1.54) is 0 Å². The first-order valence-electron chi connectivity index (χ1n) is 5.83. The van der Waals surface area contributed by atoms with E-state index in [9.17, 15) is 4.79 Å². The third kappa shape index (κ3) is 4.94. The van der Waals surface area contributed by atoms with Gasteiger partial charge in [-0.3, -0.25) is 4.79 Å². The van der Waals surface area contributed by atoms with Crippen molar-refractivity contribution >= 4 is 17.5 Å². The summed E-state index contributed by atoms with van der Waals surface area (Å²) in [5.41, 5.74) is 0. The first-order valence-corrected chi connectivity index (χ1v) is 6.21. The van der Waals surface area contributed by atoms with E-state index in [4.69, 9.17) is 21.4 Å². The van der Waals surface area contributed by atoms with Crippen LogP contribution in [-0.4, -0.2) is 30.3 Å². The Kier molecular flexibility index (Phi) is 5.95. The van der Waals surface area contributed by atoms with Gasteiger partial charge in [-0.2, -0.15) is 0 Å². The molecule has 0 aliphatic heterocycles. The van der Waals surface area contributed by atoms with Crippen LogP contribution in [0.15, 0.2) is 24.3 Å². The average molecular weight is 272 g/mol. The zero-order valence-corrected chi connectivity index (χ0v) is 11.3. The minimum atomic E-state index is -0.602. The van der Waals surface area contributed by atoms with Crippen LogP contribution in [0, 0.1) is 5.92 Å². The van der Waals surface area contributed by atoms with Crippen molar-refractivity contribution in [1.82, 2.24) is 5.32 Å². The lowest BCUT2D eigenvalue weighted by Gasteiger charge is -2.16. The second kappa shape index (κ2) is 7.24. The molecule has 2 N–H and O–H groups in total. The Balaban J connectivity index is 2.45. The molecule has 1 rings (SSSR count). The van der Waals surface area contributed by atoms with Gasteiger partial charge in [0.2, 0.25) is 0 Å². The normalized spacial score (nSPS) is 13.8. The maximum atomic E-state index is 11.7. The predicted octanol–water partition coefficient (Wildman–Crippen LogP) is 1.85. The number of carbonyl (C=O) groups excluding carboxylic acids is 1. The van der Waals surface area contributed by atoms with Crippen molar-refractivity contribution in [2.45, 2.75) is 20.0 Å². The third-order valence-electron chi connectivity index (χ3n) is 2.41. The van der Waals surface area contributed by atoms with Gasteiger partial charge in [-0.15, -0.1) is 0 Å². The molecule has 0 aromatic heterocycles. The standard InChI is InChI=1S/C13H18ClNO3/c1-9(8-16)7-15-13(17)10(2)18-12-5-3-4-11(14)6-12/h3-6,9-10,16H,7-8H2,1-2H3,(H,15,17). The van der Waals surface area contributed by atoms with E-state index < -0.39 is 6.10 Å². The van der Waals surface area contributed by atoms with Gasteiger partial charge in [-0.1, -0.05) is 24.6 Å². The summed E-state index contributed by atoms with van der Waals surface area (Å²) in [4.78, 5) is 11.7. The van der Waals surface area contributed by atoms with Gasteiger partial charge in [0.25, 0.3) is 5.91 Å². The Labute approximate surface area is 112 Å². The number of aliphatic hydroxyl groups is 1. The number of hydrogen-bond acceptors (Lipinski definition) is 3. The molecule has 100 valence electrons. The van der Waals surface area contributed by atoms with Crippen molar-refractivity contribution in [3.63, 3.8) is 0 Å². The molecule has 0 fully saturated rings. The lowest BCUT2D eigenvalue weighted by atomic mass is 10.2. The number of carbonyl (C=O) groups is 1. The monoisotopic (exact) mass is 271 g/mol. The molecular formula is C13H18ClNO3. The van der Waals surface area contributed by atoms with Gasteiger partial charge < -0.3 is 15.2 Å². The van der Waals surface area contributed by atoms with Crippen molar-refractivity contribution in [2.75, 3.05) is 13.2 Å². The fourth-order valence-electron chi connectivity index (χ4n) is 1.28. The van der Waals surface area contributed by atoms with Crippen molar-refractivity contribution in [1.29, 1.82) is 0 Å². The highest BCUT2D eigenvalue weighted by Gasteiger charge is 2.15. The maximum absolute atomic E-state index is 11.7. The molecule has 2 atom stereocenters. The molecule has 0 saturated carbocycles. The van der Waals surface area contributed by atoms with Crippen LogP contribution in [-0.2, 0) is 4.79 Å². The van der Waals surface area contributed by atoms with Gasteiger partial charge in [0.1, 0.15) is 5.75 Å². The summed E-state index contributed by atoms with van der Waals surface area (Å²) < 4.78 is 5.46. The summed E-state index contributed by atoms with van der Waals surface area (Å²) in [6, 6.07) is 6.89. The van der Waals surface area contributed by atoms with Crippen LogP contribution < -0.4 is 10.1 Å².